The standard InChI is InChI=1S/C19H22N2O/c1-15-7-9-16(10-8-15)19(22)21(17-5-3-2-4-6-17)18-11-13-20-14-12-18/h2-10,18,20H,11-14H2,1H3. The van der Waals surface area contributed by atoms with Crippen molar-refractivity contribution in [2.24, 2.45) is 0 Å². The molecule has 1 aliphatic rings. The van der Waals surface area contributed by atoms with Crippen molar-refractivity contribution in [2.45, 2.75) is 25.8 Å². The number of nitrogens with one attached hydrogen (secondary N) is 1. The van der Waals surface area contributed by atoms with Crippen molar-refractivity contribution in [1.82, 2.24) is 5.32 Å². The summed E-state index contributed by atoms with van der Waals surface area (Å²) in [5.74, 6) is 0.0955. The van der Waals surface area contributed by atoms with Crippen LogP contribution in [0.4, 0.5) is 5.69 Å². The predicted octanol–water partition coefficient (Wildman–Crippen LogP) is 3.39. The van der Waals surface area contributed by atoms with Crippen molar-refractivity contribution in [2.75, 3.05) is 18.0 Å². The SMILES string of the molecule is Cc1ccc(C(=O)N(c2ccccc2)C2CCNCC2)cc1. The van der Waals surface area contributed by atoms with Crippen molar-refractivity contribution in [1.29, 1.82) is 0 Å². The van der Waals surface area contributed by atoms with Gasteiger partial charge in [-0.1, -0.05) is 35.9 Å². The number of benzene rings is 2. The molecule has 1 amide bonds. The average Bonchev–Trinajstić information content (AvgIpc) is 2.57. The highest BCUT2D eigenvalue weighted by atomic mass is 16.2. The summed E-state index contributed by atoms with van der Waals surface area (Å²) in [5.41, 5.74) is 2.91. The highest BCUT2D eigenvalue weighted by Crippen LogP contribution is 2.24. The van der Waals surface area contributed by atoms with Gasteiger partial charge in [-0.2, -0.15) is 0 Å². The van der Waals surface area contributed by atoms with E-state index in [1.54, 1.807) is 0 Å². The van der Waals surface area contributed by atoms with Crippen molar-refractivity contribution in [3.05, 3.63) is 65.7 Å². The third-order valence-electron chi connectivity index (χ3n) is 4.23. The largest absolute Gasteiger partial charge is 0.317 e. The average molecular weight is 294 g/mol. The van der Waals surface area contributed by atoms with E-state index in [0.717, 1.165) is 37.2 Å². The highest BCUT2D eigenvalue weighted by Gasteiger charge is 2.27. The van der Waals surface area contributed by atoms with Crippen LogP contribution < -0.4 is 10.2 Å². The summed E-state index contributed by atoms with van der Waals surface area (Å²) in [4.78, 5) is 15.0. The predicted molar refractivity (Wildman–Crippen MR) is 90.3 cm³/mol. The summed E-state index contributed by atoms with van der Waals surface area (Å²) in [6.07, 6.45) is 1.99. The van der Waals surface area contributed by atoms with Gasteiger partial charge < -0.3 is 10.2 Å². The number of hydrogen-bond donors (Lipinski definition) is 1. The molecule has 3 nitrogen and oxygen atoms in total. The van der Waals surface area contributed by atoms with E-state index in [0.29, 0.717) is 0 Å². The Morgan fingerprint density at radius 1 is 1.00 bits per heavy atom. The minimum absolute atomic E-state index is 0.0955. The Hall–Kier alpha value is -2.13. The molecule has 2 aromatic carbocycles. The lowest BCUT2D eigenvalue weighted by atomic mass is 10.0. The topological polar surface area (TPSA) is 32.3 Å². The molecular weight excluding hydrogens is 272 g/mol. The zero-order chi connectivity index (χ0) is 15.4. The van der Waals surface area contributed by atoms with Crippen LogP contribution >= 0.6 is 0 Å². The van der Waals surface area contributed by atoms with Crippen LogP contribution in [0, 0.1) is 6.92 Å². The van der Waals surface area contributed by atoms with E-state index in [4.69, 9.17) is 0 Å². The van der Waals surface area contributed by atoms with E-state index in [-0.39, 0.29) is 11.9 Å². The lowest BCUT2D eigenvalue weighted by Crippen LogP contribution is -2.46. The Bertz CT molecular complexity index is 616. The second-order valence-electron chi connectivity index (χ2n) is 5.86. The molecule has 1 aliphatic heterocycles. The number of hydrogen-bond acceptors (Lipinski definition) is 2. The number of aryl methyl sites for hydroxylation is 1. The van der Waals surface area contributed by atoms with Gasteiger partial charge in [0.1, 0.15) is 0 Å². The molecular formula is C19H22N2O. The smallest absolute Gasteiger partial charge is 0.258 e. The molecule has 1 N–H and O–H groups in total. The Balaban J connectivity index is 1.93. The first kappa shape index (κ1) is 14.8. The summed E-state index contributed by atoms with van der Waals surface area (Å²) in [7, 11) is 0. The molecule has 0 unspecified atom stereocenters. The number of nitrogens with zero attached hydrogens (tertiary/aromatic N) is 1. The molecule has 22 heavy (non-hydrogen) atoms. The van der Waals surface area contributed by atoms with Crippen molar-refractivity contribution in [3.63, 3.8) is 0 Å². The van der Waals surface area contributed by atoms with E-state index in [1.165, 1.54) is 5.56 Å². The summed E-state index contributed by atoms with van der Waals surface area (Å²) < 4.78 is 0. The number of para-hydroxylation sites is 1. The van der Waals surface area contributed by atoms with Gasteiger partial charge in [-0.05, 0) is 57.1 Å². The Morgan fingerprint density at radius 2 is 1.64 bits per heavy atom. The third kappa shape index (κ3) is 3.20. The second kappa shape index (κ2) is 6.75. The van der Waals surface area contributed by atoms with Crippen LogP contribution in [-0.4, -0.2) is 25.0 Å². The van der Waals surface area contributed by atoms with Crippen LogP contribution in [0.1, 0.15) is 28.8 Å². The van der Waals surface area contributed by atoms with Crippen LogP contribution in [0.5, 0.6) is 0 Å². The molecule has 0 spiro atoms. The van der Waals surface area contributed by atoms with Gasteiger partial charge in [0.05, 0.1) is 0 Å². The molecule has 0 aliphatic carbocycles. The Morgan fingerprint density at radius 3 is 2.27 bits per heavy atom. The monoisotopic (exact) mass is 294 g/mol. The number of piperidine rings is 1. The fourth-order valence-corrected chi connectivity index (χ4v) is 2.98. The van der Waals surface area contributed by atoms with Crippen LogP contribution in [0.3, 0.4) is 0 Å². The minimum Gasteiger partial charge on any atom is -0.317 e. The summed E-state index contributed by atoms with van der Waals surface area (Å²) in [6.45, 7) is 3.97. The normalized spacial score (nSPS) is 15.5. The molecule has 1 heterocycles. The van der Waals surface area contributed by atoms with Crippen LogP contribution in [0.25, 0.3) is 0 Å². The van der Waals surface area contributed by atoms with Gasteiger partial charge in [-0.3, -0.25) is 4.79 Å². The highest BCUT2D eigenvalue weighted by molar-refractivity contribution is 6.06. The van der Waals surface area contributed by atoms with Crippen LogP contribution in [0.15, 0.2) is 54.6 Å². The zero-order valence-electron chi connectivity index (χ0n) is 13.0. The van der Waals surface area contributed by atoms with E-state index >= 15 is 0 Å². The molecule has 1 fully saturated rings. The maximum absolute atomic E-state index is 13.1. The first-order valence-electron chi connectivity index (χ1n) is 7.92. The van der Waals surface area contributed by atoms with E-state index in [2.05, 4.69) is 5.32 Å². The van der Waals surface area contributed by atoms with Crippen molar-refractivity contribution in [3.8, 4) is 0 Å². The molecule has 0 aromatic heterocycles. The maximum atomic E-state index is 13.1. The van der Waals surface area contributed by atoms with Gasteiger partial charge in [-0.15, -0.1) is 0 Å². The Labute approximate surface area is 132 Å². The van der Waals surface area contributed by atoms with Crippen molar-refractivity contribution < 1.29 is 4.79 Å². The quantitative estimate of drug-likeness (QED) is 0.941. The number of amides is 1. The number of rotatable bonds is 3. The molecule has 3 rings (SSSR count). The van der Waals surface area contributed by atoms with Gasteiger partial charge in [0, 0.05) is 17.3 Å². The first-order chi connectivity index (χ1) is 10.8. The van der Waals surface area contributed by atoms with Crippen molar-refractivity contribution >= 4 is 11.6 Å². The third-order valence-corrected chi connectivity index (χ3v) is 4.23. The van der Waals surface area contributed by atoms with Gasteiger partial charge in [0.25, 0.3) is 5.91 Å². The van der Waals surface area contributed by atoms with Gasteiger partial charge in [0.2, 0.25) is 0 Å². The molecule has 2 aromatic rings. The van der Waals surface area contributed by atoms with Gasteiger partial charge in [-0.25, -0.2) is 0 Å². The van der Waals surface area contributed by atoms with Crippen LogP contribution in [0.2, 0.25) is 0 Å². The fourth-order valence-electron chi connectivity index (χ4n) is 2.98. The summed E-state index contributed by atoms with van der Waals surface area (Å²) >= 11 is 0. The first-order valence-corrected chi connectivity index (χ1v) is 7.92. The van der Waals surface area contributed by atoms with E-state index in [1.807, 2.05) is 66.4 Å². The summed E-state index contributed by atoms with van der Waals surface area (Å²) in [6, 6.07) is 18.1. The molecule has 0 atom stereocenters. The second-order valence-corrected chi connectivity index (χ2v) is 5.86. The molecule has 0 saturated carbocycles. The minimum atomic E-state index is 0.0955. The lowest BCUT2D eigenvalue weighted by Gasteiger charge is -2.35. The molecule has 3 heteroatoms. The van der Waals surface area contributed by atoms with Gasteiger partial charge >= 0.3 is 0 Å². The lowest BCUT2D eigenvalue weighted by molar-refractivity contribution is 0.0972. The maximum Gasteiger partial charge on any atom is 0.258 e. The van der Waals surface area contributed by atoms with E-state index < -0.39 is 0 Å². The summed E-state index contributed by atoms with van der Waals surface area (Å²) in [5, 5.41) is 3.37. The zero-order valence-corrected chi connectivity index (χ0v) is 13.0. The van der Waals surface area contributed by atoms with Crippen LogP contribution in [-0.2, 0) is 0 Å². The van der Waals surface area contributed by atoms with Gasteiger partial charge in [0.15, 0.2) is 0 Å². The molecule has 1 saturated heterocycles. The number of carbonyl (C=O) groups is 1. The molecule has 0 bridgehead atoms. The fraction of sp³-hybridized carbons (Fsp3) is 0.316. The number of anilines is 1. The Kier molecular flexibility index (Phi) is 4.54. The number of carbonyl (C=O) groups excluding carboxylic acids is 1. The molecule has 114 valence electrons. The van der Waals surface area contributed by atoms with E-state index in [9.17, 15) is 4.79 Å². The molecule has 0 radical (unpaired) electrons.